The van der Waals surface area contributed by atoms with Crippen LogP contribution in [0.25, 0.3) is 16.8 Å². The van der Waals surface area contributed by atoms with Gasteiger partial charge in [0.15, 0.2) is 0 Å². The van der Waals surface area contributed by atoms with E-state index in [1.807, 2.05) is 58.0 Å². The molecule has 1 N–H and O–H groups in total. The number of benzene rings is 2. The Morgan fingerprint density at radius 3 is 2.52 bits per heavy atom. The van der Waals surface area contributed by atoms with Crippen LogP contribution in [0, 0.1) is 18.8 Å². The number of carbonyl (C=O) groups excluding carboxylic acids is 1. The molecule has 1 amide bonds. The second-order valence-corrected chi connectivity index (χ2v) is 11.0. The van der Waals surface area contributed by atoms with Gasteiger partial charge in [0.05, 0.1) is 11.9 Å². The van der Waals surface area contributed by atoms with Gasteiger partial charge >= 0.3 is 0 Å². The number of hydrogen-bond acceptors (Lipinski definition) is 4. The van der Waals surface area contributed by atoms with E-state index in [-0.39, 0.29) is 5.91 Å². The molecule has 6 rings (SSSR count). The Bertz CT molecular complexity index is 1770. The van der Waals surface area contributed by atoms with Crippen LogP contribution in [0.4, 0.5) is 5.69 Å². The van der Waals surface area contributed by atoms with Crippen LogP contribution in [-0.4, -0.2) is 52.1 Å². The van der Waals surface area contributed by atoms with Crippen molar-refractivity contribution in [1.29, 1.82) is 0 Å². The second kappa shape index (κ2) is 12.4. The summed E-state index contributed by atoms with van der Waals surface area (Å²) in [6, 6.07) is 20.2. The maximum Gasteiger partial charge on any atom is 0.253 e. The summed E-state index contributed by atoms with van der Waals surface area (Å²) in [5, 5.41) is 3.29. The zero-order chi connectivity index (χ0) is 28.9. The Hall–Kier alpha value is -4.73. The lowest BCUT2D eigenvalue weighted by molar-refractivity contribution is 0.0736. The number of para-hydroxylation sites is 1. The monoisotopic (exact) mass is 553 g/mol. The fourth-order valence-corrected chi connectivity index (χ4v) is 5.31. The number of allylic oxidation sites excluding steroid dienone is 4. The van der Waals surface area contributed by atoms with E-state index in [1.165, 1.54) is 11.1 Å². The van der Waals surface area contributed by atoms with Gasteiger partial charge in [0, 0.05) is 49.2 Å². The normalized spacial score (nSPS) is 16.7. The van der Waals surface area contributed by atoms with Gasteiger partial charge in [-0.3, -0.25) is 14.2 Å². The highest BCUT2D eigenvalue weighted by atomic mass is 16.2. The molecule has 4 aromatic rings. The number of imidazole rings is 1. The Morgan fingerprint density at radius 1 is 0.929 bits per heavy atom. The SMILES string of the molecule is CC1=CCC(C#Cc2cnc3ccc(-c4ccc(C(=O)N5CCNCC5)cc4)cn23)=CC(=Nc2ccccc2C)CC1. The molecule has 6 heteroatoms. The average Bonchev–Trinajstić information content (AvgIpc) is 3.43. The smallest absolute Gasteiger partial charge is 0.253 e. The lowest BCUT2D eigenvalue weighted by Crippen LogP contribution is -2.46. The summed E-state index contributed by atoms with van der Waals surface area (Å²) in [7, 11) is 0. The summed E-state index contributed by atoms with van der Waals surface area (Å²) < 4.78 is 2.04. The molecular formula is C36H35N5O. The average molecular weight is 554 g/mol. The largest absolute Gasteiger partial charge is 0.336 e. The molecule has 3 heterocycles. The van der Waals surface area contributed by atoms with Crippen molar-refractivity contribution >= 4 is 23.0 Å². The summed E-state index contributed by atoms with van der Waals surface area (Å²) in [6.07, 6.45) is 11.0. The molecule has 0 radical (unpaired) electrons. The Balaban J connectivity index is 1.27. The third-order valence-corrected chi connectivity index (χ3v) is 7.89. The molecule has 0 bridgehead atoms. The Kier molecular flexibility index (Phi) is 8.12. The molecule has 0 saturated carbocycles. The van der Waals surface area contributed by atoms with Crippen LogP contribution in [0.2, 0.25) is 0 Å². The van der Waals surface area contributed by atoms with Gasteiger partial charge in [0.2, 0.25) is 0 Å². The van der Waals surface area contributed by atoms with Gasteiger partial charge in [-0.25, -0.2) is 4.98 Å². The highest BCUT2D eigenvalue weighted by Crippen LogP contribution is 2.24. The van der Waals surface area contributed by atoms with E-state index < -0.39 is 0 Å². The summed E-state index contributed by atoms with van der Waals surface area (Å²) in [6.45, 7) is 7.45. The van der Waals surface area contributed by atoms with E-state index in [0.717, 1.165) is 90.4 Å². The molecule has 1 saturated heterocycles. The Labute approximate surface area is 247 Å². The minimum atomic E-state index is 0.0892. The van der Waals surface area contributed by atoms with Crippen LogP contribution < -0.4 is 5.32 Å². The number of aromatic nitrogens is 2. The number of rotatable bonds is 3. The Morgan fingerprint density at radius 2 is 1.71 bits per heavy atom. The quantitative estimate of drug-likeness (QED) is 0.232. The molecule has 2 aromatic carbocycles. The van der Waals surface area contributed by atoms with Crippen molar-refractivity contribution in [1.82, 2.24) is 19.6 Å². The topological polar surface area (TPSA) is 62.0 Å². The maximum absolute atomic E-state index is 12.9. The minimum Gasteiger partial charge on any atom is -0.336 e. The van der Waals surface area contributed by atoms with Crippen LogP contribution in [0.1, 0.15) is 47.8 Å². The van der Waals surface area contributed by atoms with Gasteiger partial charge in [-0.15, -0.1) is 0 Å². The third-order valence-electron chi connectivity index (χ3n) is 7.89. The van der Waals surface area contributed by atoms with Crippen molar-refractivity contribution in [3.8, 4) is 23.0 Å². The first-order chi connectivity index (χ1) is 20.5. The van der Waals surface area contributed by atoms with Gasteiger partial charge in [-0.1, -0.05) is 47.9 Å². The summed E-state index contributed by atoms with van der Waals surface area (Å²) in [5.41, 5.74) is 10.1. The minimum absolute atomic E-state index is 0.0892. The van der Waals surface area contributed by atoms with Gasteiger partial charge < -0.3 is 10.2 Å². The number of fused-ring (bicyclic) bond motifs is 1. The number of piperazine rings is 1. The predicted octanol–water partition coefficient (Wildman–Crippen LogP) is 6.54. The third kappa shape index (κ3) is 6.27. The van der Waals surface area contributed by atoms with E-state index in [0.29, 0.717) is 0 Å². The van der Waals surface area contributed by atoms with E-state index in [2.05, 4.69) is 72.5 Å². The van der Waals surface area contributed by atoms with E-state index in [1.54, 1.807) is 0 Å². The zero-order valence-electron chi connectivity index (χ0n) is 24.2. The second-order valence-electron chi connectivity index (χ2n) is 11.0. The molecule has 0 spiro atoms. The van der Waals surface area contributed by atoms with Crippen LogP contribution in [0.5, 0.6) is 0 Å². The zero-order valence-corrected chi connectivity index (χ0v) is 24.2. The van der Waals surface area contributed by atoms with Crippen LogP contribution >= 0.6 is 0 Å². The highest BCUT2D eigenvalue weighted by Gasteiger charge is 2.18. The number of pyridine rings is 1. The van der Waals surface area contributed by atoms with Crippen molar-refractivity contribution in [2.24, 2.45) is 4.99 Å². The molecule has 1 aliphatic heterocycles. The van der Waals surface area contributed by atoms with E-state index >= 15 is 0 Å². The van der Waals surface area contributed by atoms with Crippen molar-refractivity contribution < 1.29 is 4.79 Å². The molecule has 6 nitrogen and oxygen atoms in total. The van der Waals surface area contributed by atoms with Crippen LogP contribution in [0.3, 0.4) is 0 Å². The molecule has 1 fully saturated rings. The number of aliphatic imine (C=N–C) groups is 1. The maximum atomic E-state index is 12.9. The first-order valence-corrected chi connectivity index (χ1v) is 14.6. The molecule has 0 atom stereocenters. The van der Waals surface area contributed by atoms with Crippen LogP contribution in [0.15, 0.2) is 101 Å². The first kappa shape index (κ1) is 27.4. The molecule has 0 unspecified atom stereocenters. The lowest BCUT2D eigenvalue weighted by Gasteiger charge is -2.27. The number of amides is 1. The summed E-state index contributed by atoms with van der Waals surface area (Å²) in [4.78, 5) is 24.4. The first-order valence-electron chi connectivity index (χ1n) is 14.6. The number of carbonyl (C=O) groups is 1. The number of hydrogen-bond donors (Lipinski definition) is 1. The number of nitrogens with one attached hydrogen (secondary N) is 1. The number of aryl methyl sites for hydroxylation is 1. The summed E-state index contributed by atoms with van der Waals surface area (Å²) in [5.74, 6) is 6.89. The molecule has 42 heavy (non-hydrogen) atoms. The predicted molar refractivity (Wildman–Crippen MR) is 170 cm³/mol. The highest BCUT2D eigenvalue weighted by molar-refractivity contribution is 5.98. The standard InChI is InChI=1S/C36H35N5O/c1-26-7-9-28(23-32(16-8-26)39-34-6-4-3-5-27(34)2)10-17-33-24-38-35-18-15-31(25-41(33)35)29-11-13-30(14-12-29)36(42)40-21-19-37-20-22-40/h3-7,11-15,18,23-25,37H,8-9,16,19-22H2,1-2H3. The van der Waals surface area contributed by atoms with Crippen molar-refractivity contribution in [3.63, 3.8) is 0 Å². The van der Waals surface area contributed by atoms with E-state index in [9.17, 15) is 4.79 Å². The van der Waals surface area contributed by atoms with Gasteiger partial charge in [0.25, 0.3) is 5.91 Å². The molecular weight excluding hydrogens is 518 g/mol. The fraction of sp³-hybridized carbons (Fsp3) is 0.250. The molecule has 2 aromatic heterocycles. The lowest BCUT2D eigenvalue weighted by atomic mass is 9.99. The number of nitrogens with zero attached hydrogens (tertiary/aromatic N) is 4. The summed E-state index contributed by atoms with van der Waals surface area (Å²) >= 11 is 0. The van der Waals surface area contributed by atoms with E-state index in [4.69, 9.17) is 4.99 Å². The molecule has 2 aliphatic rings. The molecule has 210 valence electrons. The fourth-order valence-electron chi connectivity index (χ4n) is 5.31. The molecule has 1 aliphatic carbocycles. The van der Waals surface area contributed by atoms with Gasteiger partial charge in [0.1, 0.15) is 11.3 Å². The van der Waals surface area contributed by atoms with Crippen molar-refractivity contribution in [2.75, 3.05) is 26.2 Å². The van der Waals surface area contributed by atoms with Crippen molar-refractivity contribution in [3.05, 3.63) is 113 Å². The van der Waals surface area contributed by atoms with Gasteiger partial charge in [-0.05, 0) is 92.1 Å². The van der Waals surface area contributed by atoms with Crippen molar-refractivity contribution in [2.45, 2.75) is 33.1 Å². The van der Waals surface area contributed by atoms with Crippen LogP contribution in [-0.2, 0) is 0 Å². The van der Waals surface area contributed by atoms with Gasteiger partial charge in [-0.2, -0.15) is 0 Å².